The lowest BCUT2D eigenvalue weighted by Gasteiger charge is -2.42. The van der Waals surface area contributed by atoms with Crippen LogP contribution < -0.4 is 0 Å². The van der Waals surface area contributed by atoms with Gasteiger partial charge < -0.3 is 9.64 Å². The molecule has 6 heteroatoms. The Kier molecular flexibility index (Phi) is 5.50. The number of carbonyl (C=O) groups is 3. The molecule has 0 unspecified atom stereocenters. The summed E-state index contributed by atoms with van der Waals surface area (Å²) in [6.45, 7) is 8.95. The smallest absolute Gasteiger partial charge is 0.417 e. The Hall–Kier alpha value is -2.37. The Morgan fingerprint density at radius 3 is 2.24 bits per heavy atom. The highest BCUT2D eigenvalue weighted by Crippen LogP contribution is 2.24. The van der Waals surface area contributed by atoms with E-state index in [9.17, 15) is 14.4 Å². The van der Waals surface area contributed by atoms with Gasteiger partial charge in [0.2, 0.25) is 5.91 Å². The van der Waals surface area contributed by atoms with Crippen molar-refractivity contribution in [3.05, 3.63) is 35.9 Å². The molecule has 2 atom stereocenters. The van der Waals surface area contributed by atoms with E-state index in [1.54, 1.807) is 34.6 Å². The van der Waals surface area contributed by atoms with Gasteiger partial charge in [0, 0.05) is 6.54 Å². The fourth-order valence-corrected chi connectivity index (χ4v) is 2.86. The van der Waals surface area contributed by atoms with Crippen LogP contribution in [-0.2, 0) is 20.9 Å². The predicted octanol–water partition coefficient (Wildman–Crippen LogP) is 2.96. The van der Waals surface area contributed by atoms with E-state index in [0.29, 0.717) is 13.0 Å². The second-order valence-electron chi connectivity index (χ2n) is 7.24. The second-order valence-corrected chi connectivity index (χ2v) is 7.24. The lowest BCUT2D eigenvalue weighted by molar-refractivity contribution is -0.160. The standard InChI is InChI=1S/C19H26N2O4/c1-6-15-17(23)20(12-14-10-8-7-9-11-14)13(2)16(22)21(15)18(24)25-19(3,4)5/h7-11,13,15H,6,12H2,1-5H3/t13-,15+/m1/s1. The number of hydrogen-bond acceptors (Lipinski definition) is 4. The number of benzene rings is 1. The van der Waals surface area contributed by atoms with Crippen molar-refractivity contribution in [1.29, 1.82) is 0 Å². The molecule has 1 saturated heterocycles. The maximum atomic E-state index is 12.9. The third kappa shape index (κ3) is 4.18. The van der Waals surface area contributed by atoms with Crippen molar-refractivity contribution < 1.29 is 19.1 Å². The molecule has 0 spiro atoms. The summed E-state index contributed by atoms with van der Waals surface area (Å²) in [7, 11) is 0. The number of piperazine rings is 1. The summed E-state index contributed by atoms with van der Waals surface area (Å²) in [5.74, 6) is -0.638. The minimum Gasteiger partial charge on any atom is -0.443 e. The van der Waals surface area contributed by atoms with Gasteiger partial charge in [0.15, 0.2) is 0 Å². The van der Waals surface area contributed by atoms with Crippen LogP contribution in [0.3, 0.4) is 0 Å². The number of ether oxygens (including phenoxy) is 1. The van der Waals surface area contributed by atoms with Crippen LogP contribution in [0.25, 0.3) is 0 Å². The molecule has 1 aliphatic rings. The average Bonchev–Trinajstić information content (AvgIpc) is 2.54. The lowest BCUT2D eigenvalue weighted by atomic mass is 10.0. The van der Waals surface area contributed by atoms with Gasteiger partial charge in [-0.2, -0.15) is 0 Å². The van der Waals surface area contributed by atoms with Crippen LogP contribution >= 0.6 is 0 Å². The maximum absolute atomic E-state index is 12.9. The van der Waals surface area contributed by atoms with Crippen LogP contribution in [0, 0.1) is 0 Å². The first kappa shape index (κ1) is 19.0. The minimum atomic E-state index is -0.831. The zero-order chi connectivity index (χ0) is 18.8. The summed E-state index contributed by atoms with van der Waals surface area (Å²) in [4.78, 5) is 40.7. The Morgan fingerprint density at radius 2 is 1.72 bits per heavy atom. The quantitative estimate of drug-likeness (QED) is 0.844. The molecule has 1 aromatic rings. The normalized spacial score (nSPS) is 21.5. The third-order valence-electron chi connectivity index (χ3n) is 4.11. The molecule has 2 rings (SSSR count). The summed E-state index contributed by atoms with van der Waals surface area (Å²) >= 11 is 0. The van der Waals surface area contributed by atoms with Crippen molar-refractivity contribution in [3.63, 3.8) is 0 Å². The molecule has 25 heavy (non-hydrogen) atoms. The largest absolute Gasteiger partial charge is 0.443 e. The van der Waals surface area contributed by atoms with E-state index in [-0.39, 0.29) is 5.91 Å². The summed E-state index contributed by atoms with van der Waals surface area (Å²) in [5.41, 5.74) is 0.208. The number of carbonyl (C=O) groups excluding carboxylic acids is 3. The monoisotopic (exact) mass is 346 g/mol. The molecule has 1 aromatic carbocycles. The highest BCUT2D eigenvalue weighted by Gasteiger charge is 2.47. The van der Waals surface area contributed by atoms with Gasteiger partial charge in [0.05, 0.1) is 0 Å². The van der Waals surface area contributed by atoms with Crippen LogP contribution in [0.4, 0.5) is 4.79 Å². The molecule has 1 heterocycles. The summed E-state index contributed by atoms with van der Waals surface area (Å²) < 4.78 is 5.33. The van der Waals surface area contributed by atoms with Crippen molar-refractivity contribution in [3.8, 4) is 0 Å². The average molecular weight is 346 g/mol. The topological polar surface area (TPSA) is 66.9 Å². The van der Waals surface area contributed by atoms with Gasteiger partial charge in [-0.3, -0.25) is 9.59 Å². The van der Waals surface area contributed by atoms with Crippen LogP contribution in [0.15, 0.2) is 30.3 Å². The first-order valence-corrected chi connectivity index (χ1v) is 8.56. The first-order valence-electron chi connectivity index (χ1n) is 8.56. The lowest BCUT2D eigenvalue weighted by Crippen LogP contribution is -2.65. The van der Waals surface area contributed by atoms with Gasteiger partial charge in [-0.25, -0.2) is 9.69 Å². The molecular weight excluding hydrogens is 320 g/mol. The molecule has 0 bridgehead atoms. The molecular formula is C19H26N2O4. The van der Waals surface area contributed by atoms with Crippen molar-refractivity contribution in [2.45, 2.75) is 65.3 Å². The molecule has 136 valence electrons. The van der Waals surface area contributed by atoms with Crippen molar-refractivity contribution in [1.82, 2.24) is 9.80 Å². The molecule has 1 fully saturated rings. The number of amides is 3. The molecule has 3 amide bonds. The molecule has 0 aromatic heterocycles. The number of nitrogens with zero attached hydrogens (tertiary/aromatic N) is 2. The Balaban J connectivity index is 2.27. The van der Waals surface area contributed by atoms with Crippen molar-refractivity contribution in [2.24, 2.45) is 0 Å². The van der Waals surface area contributed by atoms with Gasteiger partial charge in [-0.05, 0) is 39.7 Å². The van der Waals surface area contributed by atoms with Gasteiger partial charge in [0.1, 0.15) is 17.7 Å². The summed E-state index contributed by atoms with van der Waals surface area (Å²) in [6, 6.07) is 7.94. The SMILES string of the molecule is CC[C@H]1C(=O)N(Cc2ccccc2)[C@H](C)C(=O)N1C(=O)OC(C)(C)C. The molecule has 0 N–H and O–H groups in total. The fourth-order valence-electron chi connectivity index (χ4n) is 2.86. The Morgan fingerprint density at radius 1 is 1.12 bits per heavy atom. The van der Waals surface area contributed by atoms with Crippen LogP contribution in [-0.4, -0.2) is 45.4 Å². The van der Waals surface area contributed by atoms with Crippen LogP contribution in [0.5, 0.6) is 0 Å². The fraction of sp³-hybridized carbons (Fsp3) is 0.526. The molecule has 6 nitrogen and oxygen atoms in total. The number of rotatable bonds is 3. The summed E-state index contributed by atoms with van der Waals surface area (Å²) in [6.07, 6.45) is -0.411. The van der Waals surface area contributed by atoms with E-state index < -0.39 is 29.7 Å². The van der Waals surface area contributed by atoms with Crippen molar-refractivity contribution >= 4 is 17.9 Å². The molecule has 0 radical (unpaired) electrons. The second kappa shape index (κ2) is 7.25. The Bertz CT molecular complexity index is 651. The third-order valence-corrected chi connectivity index (χ3v) is 4.11. The first-order chi connectivity index (χ1) is 11.7. The highest BCUT2D eigenvalue weighted by molar-refractivity contribution is 6.04. The van der Waals surface area contributed by atoms with Gasteiger partial charge in [0.25, 0.3) is 5.91 Å². The minimum absolute atomic E-state index is 0.232. The highest BCUT2D eigenvalue weighted by atomic mass is 16.6. The van der Waals surface area contributed by atoms with E-state index >= 15 is 0 Å². The predicted molar refractivity (Wildman–Crippen MR) is 93.6 cm³/mol. The number of hydrogen-bond donors (Lipinski definition) is 0. The van der Waals surface area contributed by atoms with E-state index in [1.165, 1.54) is 4.90 Å². The van der Waals surface area contributed by atoms with Crippen LogP contribution in [0.2, 0.25) is 0 Å². The molecule has 0 saturated carbocycles. The zero-order valence-electron chi connectivity index (χ0n) is 15.5. The molecule has 0 aliphatic carbocycles. The van der Waals surface area contributed by atoms with E-state index in [1.807, 2.05) is 30.3 Å². The molecule has 1 aliphatic heterocycles. The van der Waals surface area contributed by atoms with Gasteiger partial charge in [-0.1, -0.05) is 37.3 Å². The maximum Gasteiger partial charge on any atom is 0.417 e. The van der Waals surface area contributed by atoms with Crippen LogP contribution in [0.1, 0.15) is 46.6 Å². The van der Waals surface area contributed by atoms with E-state index in [0.717, 1.165) is 10.5 Å². The number of imide groups is 1. The van der Waals surface area contributed by atoms with Gasteiger partial charge in [-0.15, -0.1) is 0 Å². The summed E-state index contributed by atoms with van der Waals surface area (Å²) in [5, 5.41) is 0. The van der Waals surface area contributed by atoms with Crippen molar-refractivity contribution in [2.75, 3.05) is 0 Å². The zero-order valence-corrected chi connectivity index (χ0v) is 15.5. The van der Waals surface area contributed by atoms with E-state index in [4.69, 9.17) is 4.74 Å². The van der Waals surface area contributed by atoms with E-state index in [2.05, 4.69) is 0 Å². The Labute approximate surface area is 148 Å². The van der Waals surface area contributed by atoms with Gasteiger partial charge >= 0.3 is 6.09 Å².